The highest BCUT2D eigenvalue weighted by Gasteiger charge is 2.35. The van der Waals surface area contributed by atoms with Crippen molar-refractivity contribution < 1.29 is 26.3 Å². The van der Waals surface area contributed by atoms with Crippen LogP contribution in [0.3, 0.4) is 0 Å². The average molecular weight is 481 g/mol. The highest BCUT2D eigenvalue weighted by atomic mass is 127. The third-order valence-corrected chi connectivity index (χ3v) is 5.58. The lowest BCUT2D eigenvalue weighted by Gasteiger charge is -2.10. The van der Waals surface area contributed by atoms with Crippen molar-refractivity contribution in [3.8, 4) is 0 Å². The first-order chi connectivity index (χ1) is 10.5. The molecular weight excluding hydrogens is 477 g/mol. The van der Waals surface area contributed by atoms with E-state index in [2.05, 4.69) is 0 Å². The van der Waals surface area contributed by atoms with E-state index in [9.17, 15) is 26.3 Å². The Morgan fingerprint density at radius 1 is 0.783 bits per heavy atom. The predicted molar refractivity (Wildman–Crippen MR) is 87.1 cm³/mol. The first kappa shape index (κ1) is 17.1. The van der Waals surface area contributed by atoms with Gasteiger partial charge in [-0.25, -0.2) is 0 Å². The maximum absolute atomic E-state index is 13.0. The number of halogens is 8. The van der Waals surface area contributed by atoms with Crippen LogP contribution in [0.25, 0.3) is 20.2 Å². The van der Waals surface area contributed by atoms with Gasteiger partial charge in [0.15, 0.2) is 0 Å². The number of thiophene rings is 1. The van der Waals surface area contributed by atoms with E-state index in [1.165, 1.54) is 6.07 Å². The minimum Gasteiger partial charge on any atom is -0.166 e. The summed E-state index contributed by atoms with van der Waals surface area (Å²) in [4.78, 5) is 0. The van der Waals surface area contributed by atoms with Gasteiger partial charge in [0.25, 0.3) is 0 Å². The molecule has 122 valence electrons. The van der Waals surface area contributed by atoms with Gasteiger partial charge in [-0.2, -0.15) is 26.3 Å². The second-order valence-electron chi connectivity index (χ2n) is 4.75. The first-order valence-corrected chi connectivity index (χ1v) is 8.25. The van der Waals surface area contributed by atoms with Gasteiger partial charge >= 0.3 is 12.4 Å². The smallest absolute Gasteiger partial charge is 0.166 e. The van der Waals surface area contributed by atoms with Crippen molar-refractivity contribution in [1.82, 2.24) is 0 Å². The van der Waals surface area contributed by atoms with Crippen molar-refractivity contribution in [2.45, 2.75) is 12.4 Å². The molecule has 0 radical (unpaired) electrons. The molecule has 0 aliphatic carbocycles. The second-order valence-corrected chi connectivity index (χ2v) is 7.41. The number of hydrogen-bond acceptors (Lipinski definition) is 1. The number of alkyl halides is 6. The summed E-state index contributed by atoms with van der Waals surface area (Å²) in [7, 11) is 0. The molecule has 0 fully saturated rings. The van der Waals surface area contributed by atoms with Crippen molar-refractivity contribution in [3.63, 3.8) is 0 Å². The summed E-state index contributed by atoms with van der Waals surface area (Å²) in [5.74, 6) is 0. The van der Waals surface area contributed by atoms with Crippen LogP contribution in [0.4, 0.5) is 26.3 Å². The fourth-order valence-electron chi connectivity index (χ4n) is 2.25. The van der Waals surface area contributed by atoms with Crippen LogP contribution in [0.15, 0.2) is 24.3 Å². The Morgan fingerprint density at radius 3 is 1.78 bits per heavy atom. The number of rotatable bonds is 0. The van der Waals surface area contributed by atoms with E-state index in [0.717, 1.165) is 29.5 Å². The Balaban J connectivity index is 2.40. The highest BCUT2D eigenvalue weighted by Crippen LogP contribution is 2.44. The van der Waals surface area contributed by atoms with E-state index in [4.69, 9.17) is 11.6 Å². The number of benzene rings is 2. The van der Waals surface area contributed by atoms with E-state index in [1.807, 2.05) is 0 Å². The fourth-order valence-corrected chi connectivity index (χ4v) is 4.72. The lowest BCUT2D eigenvalue weighted by atomic mass is 10.1. The molecule has 0 amide bonds. The average Bonchev–Trinajstić information content (AvgIpc) is 2.70. The summed E-state index contributed by atoms with van der Waals surface area (Å²) in [5, 5.41) is -0.217. The molecule has 0 atom stereocenters. The molecule has 9 heteroatoms. The zero-order chi connectivity index (χ0) is 17.2. The monoisotopic (exact) mass is 480 g/mol. The standard InChI is InChI=1S/C14H4ClF6IS/c15-9-3-11-5(1-7(9)13(16,17)18)6-2-8(14(19,20)21)10(22)4-12(6)23-11/h1-4H. The zero-order valence-corrected chi connectivity index (χ0v) is 14.5. The molecule has 3 aromatic rings. The highest BCUT2D eigenvalue weighted by molar-refractivity contribution is 14.1. The van der Waals surface area contributed by atoms with E-state index < -0.39 is 28.5 Å². The summed E-state index contributed by atoms with van der Waals surface area (Å²) in [6.07, 6.45) is -9.24. The lowest BCUT2D eigenvalue weighted by molar-refractivity contribution is -0.138. The summed E-state index contributed by atoms with van der Waals surface area (Å²) in [6, 6.07) is 4.17. The number of fused-ring (bicyclic) bond motifs is 3. The third-order valence-electron chi connectivity index (χ3n) is 3.26. The van der Waals surface area contributed by atoms with Gasteiger partial charge in [0, 0.05) is 23.7 Å². The molecule has 2 aromatic carbocycles. The van der Waals surface area contributed by atoms with Crippen LogP contribution in [0, 0.1) is 3.57 Å². The number of hydrogen-bond donors (Lipinski definition) is 0. The lowest BCUT2D eigenvalue weighted by Crippen LogP contribution is -2.07. The molecule has 1 heterocycles. The molecule has 0 aliphatic heterocycles. The summed E-state index contributed by atoms with van der Waals surface area (Å²) >= 11 is 8.33. The minimum absolute atomic E-state index is 0.00343. The van der Waals surface area contributed by atoms with Crippen LogP contribution in [-0.2, 0) is 12.4 Å². The quantitative estimate of drug-likeness (QED) is 0.233. The normalized spacial score (nSPS) is 13.2. The van der Waals surface area contributed by atoms with E-state index in [0.29, 0.717) is 9.40 Å². The molecule has 1 aromatic heterocycles. The summed E-state index contributed by atoms with van der Waals surface area (Å²) < 4.78 is 78.8. The van der Waals surface area contributed by atoms with Crippen molar-refractivity contribution in [1.29, 1.82) is 0 Å². The molecule has 0 aliphatic rings. The molecule has 0 nitrogen and oxygen atoms in total. The van der Waals surface area contributed by atoms with Crippen LogP contribution < -0.4 is 0 Å². The summed E-state index contributed by atoms with van der Waals surface area (Å²) in [5.41, 5.74) is -1.92. The third kappa shape index (κ3) is 3.00. The van der Waals surface area contributed by atoms with Gasteiger partial charge in [-0.15, -0.1) is 11.3 Å². The topological polar surface area (TPSA) is 0 Å². The maximum atomic E-state index is 13.0. The summed E-state index contributed by atoms with van der Waals surface area (Å²) in [6.45, 7) is 0. The largest absolute Gasteiger partial charge is 0.417 e. The molecule has 0 saturated carbocycles. The predicted octanol–water partition coefficient (Wildman–Crippen LogP) is 7.35. The van der Waals surface area contributed by atoms with Gasteiger partial charge in [0.1, 0.15) is 0 Å². The molecule has 3 rings (SSSR count). The van der Waals surface area contributed by atoms with Gasteiger partial charge < -0.3 is 0 Å². The molecule has 0 unspecified atom stereocenters. The molecule has 0 N–H and O–H groups in total. The van der Waals surface area contributed by atoms with Crippen LogP contribution in [0.5, 0.6) is 0 Å². The Bertz CT molecular complexity index is 851. The molecular formula is C14H4ClF6IS. The van der Waals surface area contributed by atoms with Crippen LogP contribution >= 0.6 is 45.5 Å². The Kier molecular flexibility index (Phi) is 4.00. The minimum atomic E-state index is -4.67. The van der Waals surface area contributed by atoms with Crippen LogP contribution in [0.1, 0.15) is 11.1 Å². The van der Waals surface area contributed by atoms with Crippen LogP contribution in [-0.4, -0.2) is 0 Å². The van der Waals surface area contributed by atoms with E-state index in [-0.39, 0.29) is 14.3 Å². The van der Waals surface area contributed by atoms with Crippen molar-refractivity contribution in [2.75, 3.05) is 0 Å². The van der Waals surface area contributed by atoms with Crippen molar-refractivity contribution in [3.05, 3.63) is 44.0 Å². The SMILES string of the molecule is FC(F)(F)c1cc2c(cc1Cl)sc1cc(I)c(C(F)(F)F)cc12. The molecule has 0 saturated heterocycles. The van der Waals surface area contributed by atoms with Crippen molar-refractivity contribution >= 4 is 65.7 Å². The Labute approximate surface area is 148 Å². The van der Waals surface area contributed by atoms with Crippen molar-refractivity contribution in [2.24, 2.45) is 0 Å². The molecule has 0 bridgehead atoms. The fraction of sp³-hybridized carbons (Fsp3) is 0.143. The van der Waals surface area contributed by atoms with E-state index in [1.54, 1.807) is 22.6 Å². The van der Waals surface area contributed by atoms with Crippen LogP contribution in [0.2, 0.25) is 5.02 Å². The van der Waals surface area contributed by atoms with Gasteiger partial charge in [-0.05, 0) is 46.9 Å². The van der Waals surface area contributed by atoms with Gasteiger partial charge in [-0.3, -0.25) is 0 Å². The molecule has 0 spiro atoms. The zero-order valence-electron chi connectivity index (χ0n) is 10.7. The molecule has 23 heavy (non-hydrogen) atoms. The maximum Gasteiger partial charge on any atom is 0.417 e. The van der Waals surface area contributed by atoms with Gasteiger partial charge in [0.05, 0.1) is 16.1 Å². The van der Waals surface area contributed by atoms with E-state index >= 15 is 0 Å². The second kappa shape index (κ2) is 5.38. The van der Waals surface area contributed by atoms with Gasteiger partial charge in [0.2, 0.25) is 0 Å². The Hall–Kier alpha value is -0.740. The Morgan fingerprint density at radius 2 is 1.26 bits per heavy atom. The first-order valence-electron chi connectivity index (χ1n) is 5.98. The van der Waals surface area contributed by atoms with Gasteiger partial charge in [-0.1, -0.05) is 11.6 Å².